The first-order valence-corrected chi connectivity index (χ1v) is 5.73. The number of imide groups is 1. The van der Waals surface area contributed by atoms with Gasteiger partial charge in [0.2, 0.25) is 5.91 Å². The maximum atomic E-state index is 11.5. The van der Waals surface area contributed by atoms with Crippen molar-refractivity contribution >= 4 is 23.6 Å². The van der Waals surface area contributed by atoms with Crippen molar-refractivity contribution in [3.05, 3.63) is 29.3 Å². The Hall–Kier alpha value is -3.39. The number of amides is 3. The molecular formula is C13H10N4O4. The topological polar surface area (TPSA) is 143 Å². The van der Waals surface area contributed by atoms with Crippen LogP contribution in [-0.4, -0.2) is 23.0 Å². The Morgan fingerprint density at radius 3 is 2.33 bits per heavy atom. The van der Waals surface area contributed by atoms with Gasteiger partial charge < -0.3 is 10.4 Å². The van der Waals surface area contributed by atoms with E-state index in [0.29, 0.717) is 0 Å². The Balaban J connectivity index is 2.64. The average Bonchev–Trinajstić information content (AvgIpc) is 2.44. The van der Waals surface area contributed by atoms with Crippen molar-refractivity contribution in [2.24, 2.45) is 0 Å². The van der Waals surface area contributed by atoms with Crippen LogP contribution >= 0.6 is 0 Å². The van der Waals surface area contributed by atoms with E-state index in [-0.39, 0.29) is 29.7 Å². The number of rotatable bonds is 4. The van der Waals surface area contributed by atoms with Crippen molar-refractivity contribution in [2.45, 2.75) is 12.8 Å². The molecule has 0 spiro atoms. The van der Waals surface area contributed by atoms with Crippen molar-refractivity contribution in [2.75, 3.05) is 5.32 Å². The molecule has 106 valence electrons. The van der Waals surface area contributed by atoms with E-state index >= 15 is 0 Å². The molecule has 0 aromatic heterocycles. The van der Waals surface area contributed by atoms with Gasteiger partial charge in [0.25, 0.3) is 0 Å². The first-order valence-electron chi connectivity index (χ1n) is 5.73. The zero-order chi connectivity index (χ0) is 15.8. The number of nitriles is 2. The molecule has 0 aliphatic heterocycles. The SMILES string of the molecule is N#Cc1ccc(NC(=O)NC(=O)CCC(=O)O)cc1C#N. The predicted octanol–water partition coefficient (Wildman–Crippen LogP) is 0.943. The van der Waals surface area contributed by atoms with Crippen molar-refractivity contribution in [3.8, 4) is 12.1 Å². The average molecular weight is 286 g/mol. The molecule has 21 heavy (non-hydrogen) atoms. The van der Waals surface area contributed by atoms with Crippen LogP contribution < -0.4 is 10.6 Å². The van der Waals surface area contributed by atoms with Crippen LogP contribution in [0.15, 0.2) is 18.2 Å². The highest BCUT2D eigenvalue weighted by Gasteiger charge is 2.10. The summed E-state index contributed by atoms with van der Waals surface area (Å²) < 4.78 is 0. The van der Waals surface area contributed by atoms with Crippen LogP contribution in [0.2, 0.25) is 0 Å². The summed E-state index contributed by atoms with van der Waals surface area (Å²) in [6, 6.07) is 6.84. The van der Waals surface area contributed by atoms with Crippen LogP contribution in [0.5, 0.6) is 0 Å². The Kier molecular flexibility index (Phi) is 5.42. The lowest BCUT2D eigenvalue weighted by Crippen LogP contribution is -2.34. The highest BCUT2D eigenvalue weighted by Crippen LogP contribution is 2.14. The van der Waals surface area contributed by atoms with E-state index in [4.69, 9.17) is 15.6 Å². The minimum Gasteiger partial charge on any atom is -0.481 e. The minimum absolute atomic E-state index is 0.0903. The molecule has 3 amide bonds. The fraction of sp³-hybridized carbons (Fsp3) is 0.154. The number of urea groups is 1. The summed E-state index contributed by atoms with van der Waals surface area (Å²) in [7, 11) is 0. The lowest BCUT2D eigenvalue weighted by molar-refractivity contribution is -0.138. The van der Waals surface area contributed by atoms with Gasteiger partial charge in [0.1, 0.15) is 12.1 Å². The second-order valence-electron chi connectivity index (χ2n) is 3.88. The normalized spacial score (nSPS) is 9.05. The van der Waals surface area contributed by atoms with Crippen molar-refractivity contribution in [3.63, 3.8) is 0 Å². The molecule has 0 fully saturated rings. The second-order valence-corrected chi connectivity index (χ2v) is 3.88. The molecule has 0 bridgehead atoms. The van der Waals surface area contributed by atoms with E-state index in [2.05, 4.69) is 5.32 Å². The Morgan fingerprint density at radius 1 is 1.10 bits per heavy atom. The summed E-state index contributed by atoms with van der Waals surface area (Å²) in [6.07, 6.45) is -0.700. The lowest BCUT2D eigenvalue weighted by Gasteiger charge is -2.07. The van der Waals surface area contributed by atoms with Gasteiger partial charge >= 0.3 is 12.0 Å². The maximum absolute atomic E-state index is 11.5. The lowest BCUT2D eigenvalue weighted by atomic mass is 10.1. The number of nitrogens with zero attached hydrogens (tertiary/aromatic N) is 2. The van der Waals surface area contributed by atoms with E-state index < -0.39 is 17.9 Å². The van der Waals surface area contributed by atoms with Gasteiger partial charge in [-0.25, -0.2) is 4.79 Å². The third-order valence-corrected chi connectivity index (χ3v) is 2.34. The summed E-state index contributed by atoms with van der Waals surface area (Å²) in [6.45, 7) is 0. The van der Waals surface area contributed by atoms with Gasteiger partial charge in [-0.15, -0.1) is 0 Å². The largest absolute Gasteiger partial charge is 0.481 e. The van der Waals surface area contributed by atoms with E-state index in [1.54, 1.807) is 0 Å². The Morgan fingerprint density at radius 2 is 1.76 bits per heavy atom. The minimum atomic E-state index is -1.14. The third kappa shape index (κ3) is 5.01. The van der Waals surface area contributed by atoms with Gasteiger partial charge in [0, 0.05) is 12.1 Å². The van der Waals surface area contributed by atoms with Crippen LogP contribution in [0, 0.1) is 22.7 Å². The van der Waals surface area contributed by atoms with E-state index in [1.165, 1.54) is 18.2 Å². The van der Waals surface area contributed by atoms with E-state index in [9.17, 15) is 14.4 Å². The highest BCUT2D eigenvalue weighted by molar-refractivity contribution is 6.01. The molecular weight excluding hydrogens is 276 g/mol. The van der Waals surface area contributed by atoms with E-state index in [0.717, 1.165) is 0 Å². The molecule has 0 radical (unpaired) electrons. The summed E-state index contributed by atoms with van der Waals surface area (Å²) in [5, 5.41) is 30.2. The molecule has 0 aliphatic rings. The molecule has 1 aromatic rings. The number of carboxylic acid groups (broad SMARTS) is 1. The Bertz CT molecular complexity index is 670. The number of nitrogens with one attached hydrogen (secondary N) is 2. The number of carbonyl (C=O) groups excluding carboxylic acids is 2. The molecule has 0 heterocycles. The zero-order valence-electron chi connectivity index (χ0n) is 10.7. The molecule has 0 aliphatic carbocycles. The summed E-state index contributed by atoms with van der Waals surface area (Å²) in [5.74, 6) is -1.87. The summed E-state index contributed by atoms with van der Waals surface area (Å²) in [4.78, 5) is 33.0. The third-order valence-electron chi connectivity index (χ3n) is 2.34. The molecule has 1 rings (SSSR count). The number of carboxylic acids is 1. The van der Waals surface area contributed by atoms with Gasteiger partial charge in [-0.05, 0) is 18.2 Å². The first-order chi connectivity index (χ1) is 9.96. The second kappa shape index (κ2) is 7.26. The van der Waals surface area contributed by atoms with Crippen LogP contribution in [0.4, 0.5) is 10.5 Å². The van der Waals surface area contributed by atoms with Crippen LogP contribution in [-0.2, 0) is 9.59 Å². The Labute approximate surface area is 119 Å². The zero-order valence-corrected chi connectivity index (χ0v) is 10.7. The van der Waals surface area contributed by atoms with Crippen LogP contribution in [0.1, 0.15) is 24.0 Å². The number of hydrogen-bond donors (Lipinski definition) is 3. The predicted molar refractivity (Wildman–Crippen MR) is 69.9 cm³/mol. The summed E-state index contributed by atoms with van der Waals surface area (Å²) in [5.41, 5.74) is 0.489. The van der Waals surface area contributed by atoms with Gasteiger partial charge in [-0.2, -0.15) is 10.5 Å². The number of aliphatic carboxylic acids is 1. The quantitative estimate of drug-likeness (QED) is 0.751. The van der Waals surface area contributed by atoms with E-state index in [1.807, 2.05) is 17.5 Å². The van der Waals surface area contributed by atoms with Crippen molar-refractivity contribution in [1.29, 1.82) is 10.5 Å². The van der Waals surface area contributed by atoms with Crippen LogP contribution in [0.3, 0.4) is 0 Å². The standard InChI is InChI=1S/C13H10N4O4/c14-6-8-1-2-10(5-9(8)7-15)16-13(21)17-11(18)3-4-12(19)20/h1-2,5H,3-4H2,(H,19,20)(H2,16,17,18,21). The highest BCUT2D eigenvalue weighted by atomic mass is 16.4. The van der Waals surface area contributed by atoms with Crippen LogP contribution in [0.25, 0.3) is 0 Å². The number of carbonyl (C=O) groups is 3. The van der Waals surface area contributed by atoms with Gasteiger partial charge in [-0.3, -0.25) is 14.9 Å². The molecule has 8 heteroatoms. The molecule has 0 saturated carbocycles. The van der Waals surface area contributed by atoms with Gasteiger partial charge in [0.05, 0.1) is 17.5 Å². The monoisotopic (exact) mass is 286 g/mol. The first kappa shape index (κ1) is 15.7. The molecule has 0 unspecified atom stereocenters. The number of anilines is 1. The molecule has 1 aromatic carbocycles. The van der Waals surface area contributed by atoms with Crippen molar-refractivity contribution in [1.82, 2.24) is 5.32 Å². The molecule has 3 N–H and O–H groups in total. The number of hydrogen-bond acceptors (Lipinski definition) is 5. The number of benzene rings is 1. The molecule has 0 saturated heterocycles. The van der Waals surface area contributed by atoms with Gasteiger partial charge in [-0.1, -0.05) is 0 Å². The summed E-state index contributed by atoms with van der Waals surface area (Å²) >= 11 is 0. The maximum Gasteiger partial charge on any atom is 0.325 e. The van der Waals surface area contributed by atoms with Crippen molar-refractivity contribution < 1.29 is 19.5 Å². The fourth-order valence-corrected chi connectivity index (χ4v) is 1.38. The molecule has 8 nitrogen and oxygen atoms in total. The fourth-order valence-electron chi connectivity index (χ4n) is 1.38. The molecule has 0 atom stereocenters. The van der Waals surface area contributed by atoms with Gasteiger partial charge in [0.15, 0.2) is 0 Å². The smallest absolute Gasteiger partial charge is 0.325 e.